The van der Waals surface area contributed by atoms with Gasteiger partial charge in [0, 0.05) is 18.0 Å². The van der Waals surface area contributed by atoms with Crippen molar-refractivity contribution in [1.29, 1.82) is 0 Å². The minimum Gasteiger partial charge on any atom is -0.495 e. The van der Waals surface area contributed by atoms with Gasteiger partial charge in [-0.15, -0.1) is 0 Å². The third-order valence-electron chi connectivity index (χ3n) is 5.54. The van der Waals surface area contributed by atoms with Crippen molar-refractivity contribution in [3.8, 4) is 11.4 Å². The first-order chi connectivity index (χ1) is 15.8. The smallest absolute Gasteiger partial charge is 0.289 e. The number of carbonyl (C=O) groups excluding carboxylic acids is 1. The molecule has 0 N–H and O–H groups in total. The van der Waals surface area contributed by atoms with E-state index in [9.17, 15) is 13.6 Å². The Morgan fingerprint density at radius 1 is 1.27 bits per heavy atom. The van der Waals surface area contributed by atoms with E-state index in [4.69, 9.17) is 9.47 Å². The number of rotatable bonds is 5. The SMILES string of the molecule is COc1cc(C=C2O[C@@H](C)CN([C@H](C)c3ccnc(F)c3F)C2=O)ccc1-n1cnc(C)c1. The molecule has 1 aromatic carbocycles. The van der Waals surface area contributed by atoms with Crippen LogP contribution < -0.4 is 4.74 Å². The second-order valence-corrected chi connectivity index (χ2v) is 7.93. The number of benzene rings is 1. The second kappa shape index (κ2) is 9.01. The minimum absolute atomic E-state index is 0.0611. The Labute approximate surface area is 190 Å². The predicted octanol–water partition coefficient (Wildman–Crippen LogP) is 4.21. The number of pyridine rings is 1. The van der Waals surface area contributed by atoms with E-state index < -0.39 is 23.7 Å². The molecule has 0 unspecified atom stereocenters. The van der Waals surface area contributed by atoms with Crippen LogP contribution in [-0.4, -0.2) is 45.1 Å². The number of aromatic nitrogens is 3. The Morgan fingerprint density at radius 2 is 2.06 bits per heavy atom. The third kappa shape index (κ3) is 4.44. The molecule has 1 saturated heterocycles. The van der Waals surface area contributed by atoms with Crippen molar-refractivity contribution >= 4 is 12.0 Å². The zero-order valence-corrected chi connectivity index (χ0v) is 18.8. The lowest BCUT2D eigenvalue weighted by Crippen LogP contribution is -2.45. The van der Waals surface area contributed by atoms with Crippen molar-refractivity contribution in [3.05, 3.63) is 77.3 Å². The fraction of sp³-hybridized carbons (Fsp3) is 0.292. The predicted molar refractivity (Wildman–Crippen MR) is 118 cm³/mol. The maximum absolute atomic E-state index is 14.3. The van der Waals surface area contributed by atoms with Crippen LogP contribution >= 0.6 is 0 Å². The van der Waals surface area contributed by atoms with Crippen molar-refractivity contribution in [1.82, 2.24) is 19.4 Å². The van der Waals surface area contributed by atoms with Gasteiger partial charge in [0.2, 0.25) is 5.95 Å². The van der Waals surface area contributed by atoms with Gasteiger partial charge in [-0.25, -0.2) is 14.4 Å². The van der Waals surface area contributed by atoms with Gasteiger partial charge in [-0.2, -0.15) is 4.39 Å². The van der Waals surface area contributed by atoms with E-state index in [1.54, 1.807) is 32.5 Å². The molecular weight excluding hydrogens is 430 g/mol. The molecule has 0 radical (unpaired) electrons. The summed E-state index contributed by atoms with van der Waals surface area (Å²) in [7, 11) is 1.57. The number of nitrogens with zero attached hydrogens (tertiary/aromatic N) is 4. The van der Waals surface area contributed by atoms with Gasteiger partial charge in [0.05, 0.1) is 37.4 Å². The average molecular weight is 454 g/mol. The highest BCUT2D eigenvalue weighted by atomic mass is 19.2. The maximum atomic E-state index is 14.3. The molecule has 2 atom stereocenters. The first-order valence-electron chi connectivity index (χ1n) is 10.5. The summed E-state index contributed by atoms with van der Waals surface area (Å²) in [5, 5.41) is 0. The number of carbonyl (C=O) groups is 1. The number of hydrogen-bond acceptors (Lipinski definition) is 5. The van der Waals surface area contributed by atoms with Gasteiger partial charge >= 0.3 is 0 Å². The van der Waals surface area contributed by atoms with E-state index >= 15 is 0 Å². The zero-order chi connectivity index (χ0) is 23.7. The molecular formula is C24H24F2N4O3. The molecule has 0 bridgehead atoms. The Bertz CT molecular complexity index is 1220. The van der Waals surface area contributed by atoms with Crippen LogP contribution in [0, 0.1) is 18.7 Å². The molecule has 1 aliphatic rings. The van der Waals surface area contributed by atoms with Gasteiger partial charge < -0.3 is 18.9 Å². The van der Waals surface area contributed by atoms with Crippen LogP contribution in [0.2, 0.25) is 0 Å². The van der Waals surface area contributed by atoms with Crippen LogP contribution in [0.3, 0.4) is 0 Å². The normalized spacial score (nSPS) is 18.4. The minimum atomic E-state index is -1.19. The molecule has 0 spiro atoms. The summed E-state index contributed by atoms with van der Waals surface area (Å²) >= 11 is 0. The Hall–Kier alpha value is -3.75. The first-order valence-corrected chi connectivity index (χ1v) is 10.5. The van der Waals surface area contributed by atoms with Gasteiger partial charge in [0.25, 0.3) is 5.91 Å². The van der Waals surface area contributed by atoms with Crippen molar-refractivity contribution in [3.63, 3.8) is 0 Å². The third-order valence-corrected chi connectivity index (χ3v) is 5.54. The molecule has 1 fully saturated rings. The van der Waals surface area contributed by atoms with Crippen molar-refractivity contribution in [2.24, 2.45) is 0 Å². The fourth-order valence-electron chi connectivity index (χ4n) is 3.86. The standard InChI is InChI=1S/C24H24F2N4O3/c1-14-11-29(13-28-14)19-6-5-17(9-20(19)32-4)10-21-24(31)30(12-15(2)33-21)16(3)18-7-8-27-23(26)22(18)25/h5-11,13,15-16H,12H2,1-4H3/t15-,16+/m0/s1. The summed E-state index contributed by atoms with van der Waals surface area (Å²) in [6, 6.07) is 6.16. The summed E-state index contributed by atoms with van der Waals surface area (Å²) in [5.74, 6) is -1.95. The lowest BCUT2D eigenvalue weighted by Gasteiger charge is -2.37. The lowest BCUT2D eigenvalue weighted by molar-refractivity contribution is -0.141. The molecule has 1 aliphatic heterocycles. The van der Waals surface area contributed by atoms with Gasteiger partial charge in [0.15, 0.2) is 11.6 Å². The molecule has 3 heterocycles. The summed E-state index contributed by atoms with van der Waals surface area (Å²) in [6.07, 6.45) is 6.05. The van der Waals surface area contributed by atoms with Gasteiger partial charge in [0.1, 0.15) is 11.9 Å². The number of methoxy groups -OCH3 is 1. The summed E-state index contributed by atoms with van der Waals surface area (Å²) < 4.78 is 41.1. The molecule has 0 saturated carbocycles. The number of hydrogen-bond donors (Lipinski definition) is 0. The highest BCUT2D eigenvalue weighted by molar-refractivity contribution is 5.96. The highest BCUT2D eigenvalue weighted by Gasteiger charge is 2.34. The number of aryl methyl sites for hydroxylation is 1. The number of morpholine rings is 1. The first kappa shape index (κ1) is 22.4. The molecule has 0 aliphatic carbocycles. The average Bonchev–Trinajstić information content (AvgIpc) is 3.23. The van der Waals surface area contributed by atoms with Gasteiger partial charge in [-0.1, -0.05) is 6.07 Å². The largest absolute Gasteiger partial charge is 0.495 e. The Balaban J connectivity index is 1.65. The number of amides is 1. The van der Waals surface area contributed by atoms with Crippen LogP contribution in [0.4, 0.5) is 8.78 Å². The fourth-order valence-corrected chi connectivity index (χ4v) is 3.86. The molecule has 7 nitrogen and oxygen atoms in total. The molecule has 1 amide bonds. The topological polar surface area (TPSA) is 69.5 Å². The maximum Gasteiger partial charge on any atom is 0.289 e. The van der Waals surface area contributed by atoms with Gasteiger partial charge in [-0.05, 0) is 50.6 Å². The number of imidazole rings is 1. The molecule has 2 aromatic heterocycles. The lowest BCUT2D eigenvalue weighted by atomic mass is 10.1. The molecule has 4 rings (SSSR count). The van der Waals surface area contributed by atoms with Crippen LogP contribution in [0.5, 0.6) is 5.75 Å². The van der Waals surface area contributed by atoms with Crippen LogP contribution in [0.25, 0.3) is 11.8 Å². The van der Waals surface area contributed by atoms with E-state index in [0.717, 1.165) is 11.4 Å². The van der Waals surface area contributed by atoms with Gasteiger partial charge in [-0.3, -0.25) is 4.79 Å². The van der Waals surface area contributed by atoms with Crippen molar-refractivity contribution < 1.29 is 23.0 Å². The quantitative estimate of drug-likeness (QED) is 0.427. The molecule has 9 heteroatoms. The zero-order valence-electron chi connectivity index (χ0n) is 18.8. The van der Waals surface area contributed by atoms with Crippen LogP contribution in [0.15, 0.2) is 48.7 Å². The van der Waals surface area contributed by atoms with E-state index in [1.807, 2.05) is 36.7 Å². The molecule has 172 valence electrons. The monoisotopic (exact) mass is 454 g/mol. The van der Waals surface area contributed by atoms with Crippen LogP contribution in [0.1, 0.15) is 36.7 Å². The van der Waals surface area contributed by atoms with Crippen LogP contribution in [-0.2, 0) is 9.53 Å². The highest BCUT2D eigenvalue weighted by Crippen LogP contribution is 2.31. The van der Waals surface area contributed by atoms with E-state index in [2.05, 4.69) is 9.97 Å². The summed E-state index contributed by atoms with van der Waals surface area (Å²) in [5.41, 5.74) is 2.43. The Kier molecular flexibility index (Phi) is 6.13. The second-order valence-electron chi connectivity index (χ2n) is 7.93. The van der Waals surface area contributed by atoms with Crippen molar-refractivity contribution in [2.75, 3.05) is 13.7 Å². The van der Waals surface area contributed by atoms with E-state index in [0.29, 0.717) is 11.3 Å². The summed E-state index contributed by atoms with van der Waals surface area (Å²) in [4.78, 5) is 22.2. The molecule has 3 aromatic rings. The Morgan fingerprint density at radius 3 is 2.76 bits per heavy atom. The number of ether oxygens (including phenoxy) is 2. The van der Waals surface area contributed by atoms with Crippen molar-refractivity contribution in [2.45, 2.75) is 32.9 Å². The molecule has 33 heavy (non-hydrogen) atoms. The van der Waals surface area contributed by atoms with E-state index in [1.165, 1.54) is 17.2 Å². The van der Waals surface area contributed by atoms with E-state index in [-0.39, 0.29) is 24.0 Å². The number of halogens is 2. The summed E-state index contributed by atoms with van der Waals surface area (Å²) in [6.45, 7) is 5.60.